The van der Waals surface area contributed by atoms with Crippen molar-refractivity contribution in [1.82, 2.24) is 4.98 Å². The highest BCUT2D eigenvalue weighted by Crippen LogP contribution is 2.41. The molecule has 0 bridgehead atoms. The maximum absolute atomic E-state index is 13.4. The number of benzene rings is 2. The lowest BCUT2D eigenvalue weighted by Gasteiger charge is -2.25. The van der Waals surface area contributed by atoms with Crippen molar-refractivity contribution in [2.24, 2.45) is 0 Å². The van der Waals surface area contributed by atoms with Crippen molar-refractivity contribution in [2.45, 2.75) is 18.9 Å². The van der Waals surface area contributed by atoms with E-state index in [4.69, 9.17) is 13.9 Å². The SMILES string of the molecule is COc1ccc(C2CCCN2c2nc3ccc(F)cc3o2)c(OC)c1. The average molecular weight is 342 g/mol. The predicted octanol–water partition coefficient (Wildman–Crippen LogP) is 4.33. The minimum Gasteiger partial charge on any atom is -0.497 e. The van der Waals surface area contributed by atoms with Crippen LogP contribution in [0, 0.1) is 5.82 Å². The van der Waals surface area contributed by atoms with Gasteiger partial charge in [0.1, 0.15) is 22.8 Å². The summed E-state index contributed by atoms with van der Waals surface area (Å²) in [6.07, 6.45) is 1.99. The van der Waals surface area contributed by atoms with Gasteiger partial charge in [0.25, 0.3) is 6.01 Å². The number of fused-ring (bicyclic) bond motifs is 1. The van der Waals surface area contributed by atoms with Gasteiger partial charge in [-0.25, -0.2) is 4.39 Å². The Labute approximate surface area is 145 Å². The first-order valence-electron chi connectivity index (χ1n) is 8.24. The van der Waals surface area contributed by atoms with E-state index in [0.717, 1.165) is 36.4 Å². The fourth-order valence-corrected chi connectivity index (χ4v) is 3.42. The molecule has 0 N–H and O–H groups in total. The van der Waals surface area contributed by atoms with Crippen molar-refractivity contribution in [3.8, 4) is 11.5 Å². The van der Waals surface area contributed by atoms with Crippen molar-refractivity contribution in [1.29, 1.82) is 0 Å². The van der Waals surface area contributed by atoms with E-state index < -0.39 is 0 Å². The lowest BCUT2D eigenvalue weighted by atomic mass is 10.0. The van der Waals surface area contributed by atoms with Crippen LogP contribution in [0.5, 0.6) is 11.5 Å². The summed E-state index contributed by atoms with van der Waals surface area (Å²) in [6, 6.07) is 10.8. The highest BCUT2D eigenvalue weighted by Gasteiger charge is 2.31. The topological polar surface area (TPSA) is 47.7 Å². The van der Waals surface area contributed by atoms with Gasteiger partial charge in [0.15, 0.2) is 5.58 Å². The highest BCUT2D eigenvalue weighted by atomic mass is 19.1. The van der Waals surface area contributed by atoms with Crippen LogP contribution in [0.15, 0.2) is 40.8 Å². The molecule has 4 rings (SSSR count). The van der Waals surface area contributed by atoms with E-state index in [1.807, 2.05) is 18.2 Å². The van der Waals surface area contributed by atoms with Gasteiger partial charge in [-0.15, -0.1) is 0 Å². The zero-order valence-corrected chi connectivity index (χ0v) is 14.2. The average Bonchev–Trinajstić information content (AvgIpc) is 3.27. The number of oxazole rings is 1. The van der Waals surface area contributed by atoms with Gasteiger partial charge in [-0.2, -0.15) is 4.98 Å². The Kier molecular flexibility index (Phi) is 3.95. The quantitative estimate of drug-likeness (QED) is 0.706. The number of hydrogen-bond donors (Lipinski definition) is 0. The molecule has 0 amide bonds. The van der Waals surface area contributed by atoms with Crippen LogP contribution in [0.2, 0.25) is 0 Å². The molecule has 130 valence electrons. The Balaban J connectivity index is 1.72. The Hall–Kier alpha value is -2.76. The number of rotatable bonds is 4. The number of halogens is 1. The zero-order valence-electron chi connectivity index (χ0n) is 14.2. The lowest BCUT2D eigenvalue weighted by molar-refractivity contribution is 0.387. The van der Waals surface area contributed by atoms with Crippen molar-refractivity contribution in [2.75, 3.05) is 25.7 Å². The molecule has 2 heterocycles. The summed E-state index contributed by atoms with van der Waals surface area (Å²) in [7, 11) is 3.29. The number of methoxy groups -OCH3 is 2. The molecule has 3 aromatic rings. The van der Waals surface area contributed by atoms with Gasteiger partial charge in [-0.05, 0) is 37.1 Å². The maximum Gasteiger partial charge on any atom is 0.298 e. The predicted molar refractivity (Wildman–Crippen MR) is 92.8 cm³/mol. The molecule has 0 aliphatic carbocycles. The molecule has 1 aliphatic heterocycles. The van der Waals surface area contributed by atoms with Crippen LogP contribution in [0.25, 0.3) is 11.1 Å². The van der Waals surface area contributed by atoms with Crippen molar-refractivity contribution in [3.63, 3.8) is 0 Å². The molecule has 25 heavy (non-hydrogen) atoms. The summed E-state index contributed by atoms with van der Waals surface area (Å²) in [4.78, 5) is 6.64. The highest BCUT2D eigenvalue weighted by molar-refractivity contribution is 5.74. The molecule has 0 saturated carbocycles. The third-order valence-electron chi connectivity index (χ3n) is 4.64. The standard InChI is InChI=1S/C19H19FN2O3/c1-23-13-6-7-14(17(11-13)24-2)16-4-3-9-22(16)19-21-15-8-5-12(20)10-18(15)25-19/h5-8,10-11,16H,3-4,9H2,1-2H3. The first-order chi connectivity index (χ1) is 12.2. The number of nitrogens with zero attached hydrogens (tertiary/aromatic N) is 2. The molecular formula is C19H19FN2O3. The first kappa shape index (κ1) is 15.7. The van der Waals surface area contributed by atoms with Crippen LogP contribution >= 0.6 is 0 Å². The molecular weight excluding hydrogens is 323 g/mol. The summed E-state index contributed by atoms with van der Waals surface area (Å²) in [5.74, 6) is 1.20. The van der Waals surface area contributed by atoms with Crippen LogP contribution in [0.4, 0.5) is 10.4 Å². The van der Waals surface area contributed by atoms with Gasteiger partial charge in [0.05, 0.1) is 20.3 Å². The van der Waals surface area contributed by atoms with Gasteiger partial charge < -0.3 is 18.8 Å². The van der Waals surface area contributed by atoms with Crippen molar-refractivity contribution >= 4 is 17.1 Å². The summed E-state index contributed by atoms with van der Waals surface area (Å²) < 4.78 is 30.0. The Morgan fingerprint density at radius 1 is 1.16 bits per heavy atom. The molecule has 1 aliphatic rings. The minimum atomic E-state index is -0.329. The van der Waals surface area contributed by atoms with Crippen LogP contribution < -0.4 is 14.4 Å². The molecule has 1 atom stereocenters. The van der Waals surface area contributed by atoms with Crippen LogP contribution in [0.3, 0.4) is 0 Å². The first-order valence-corrected chi connectivity index (χ1v) is 8.24. The van der Waals surface area contributed by atoms with Gasteiger partial charge in [-0.1, -0.05) is 0 Å². The van der Waals surface area contributed by atoms with Gasteiger partial charge in [0, 0.05) is 24.2 Å². The fourth-order valence-electron chi connectivity index (χ4n) is 3.42. The van der Waals surface area contributed by atoms with E-state index in [2.05, 4.69) is 9.88 Å². The Morgan fingerprint density at radius 2 is 2.04 bits per heavy atom. The van der Waals surface area contributed by atoms with E-state index in [-0.39, 0.29) is 11.9 Å². The zero-order chi connectivity index (χ0) is 17.4. The maximum atomic E-state index is 13.4. The van der Waals surface area contributed by atoms with Crippen molar-refractivity contribution < 1.29 is 18.3 Å². The summed E-state index contributed by atoms with van der Waals surface area (Å²) >= 11 is 0. The molecule has 1 fully saturated rings. The Morgan fingerprint density at radius 3 is 2.84 bits per heavy atom. The normalized spacial score (nSPS) is 17.2. The molecule has 1 aromatic heterocycles. The monoisotopic (exact) mass is 342 g/mol. The Bertz CT molecular complexity index is 909. The third-order valence-corrected chi connectivity index (χ3v) is 4.64. The number of ether oxygens (including phenoxy) is 2. The summed E-state index contributed by atoms with van der Waals surface area (Å²) in [5.41, 5.74) is 2.18. The smallest absolute Gasteiger partial charge is 0.298 e. The summed E-state index contributed by atoms with van der Waals surface area (Å²) in [6.45, 7) is 0.829. The number of aromatic nitrogens is 1. The molecule has 0 radical (unpaired) electrons. The molecule has 6 heteroatoms. The molecule has 1 unspecified atom stereocenters. The second-order valence-electron chi connectivity index (χ2n) is 6.07. The second kappa shape index (κ2) is 6.27. The number of hydrogen-bond acceptors (Lipinski definition) is 5. The third kappa shape index (κ3) is 2.77. The number of anilines is 1. The van der Waals surface area contributed by atoms with Crippen LogP contribution in [-0.2, 0) is 0 Å². The van der Waals surface area contributed by atoms with Gasteiger partial charge >= 0.3 is 0 Å². The fraction of sp³-hybridized carbons (Fsp3) is 0.316. The largest absolute Gasteiger partial charge is 0.497 e. The van der Waals surface area contributed by atoms with Crippen molar-refractivity contribution in [3.05, 3.63) is 47.8 Å². The minimum absolute atomic E-state index is 0.0961. The lowest BCUT2D eigenvalue weighted by Crippen LogP contribution is -2.23. The van der Waals surface area contributed by atoms with E-state index in [1.54, 1.807) is 20.3 Å². The summed E-state index contributed by atoms with van der Waals surface area (Å²) in [5, 5.41) is 0. The van der Waals surface area contributed by atoms with E-state index in [1.165, 1.54) is 12.1 Å². The van der Waals surface area contributed by atoms with E-state index in [0.29, 0.717) is 17.1 Å². The van der Waals surface area contributed by atoms with Gasteiger partial charge in [-0.3, -0.25) is 0 Å². The second-order valence-corrected chi connectivity index (χ2v) is 6.07. The molecule has 1 saturated heterocycles. The molecule has 2 aromatic carbocycles. The molecule has 0 spiro atoms. The van der Waals surface area contributed by atoms with E-state index >= 15 is 0 Å². The molecule has 5 nitrogen and oxygen atoms in total. The van der Waals surface area contributed by atoms with E-state index in [9.17, 15) is 4.39 Å². The van der Waals surface area contributed by atoms with Gasteiger partial charge in [0.2, 0.25) is 0 Å². The van der Waals surface area contributed by atoms with Crippen LogP contribution in [-0.4, -0.2) is 25.7 Å². The van der Waals surface area contributed by atoms with Crippen LogP contribution in [0.1, 0.15) is 24.4 Å².